The van der Waals surface area contributed by atoms with E-state index in [-0.39, 0.29) is 11.8 Å². The number of hydrogen-bond acceptors (Lipinski definition) is 3. The molecule has 0 aliphatic carbocycles. The lowest BCUT2D eigenvalue weighted by atomic mass is 10.0. The Morgan fingerprint density at radius 2 is 1.68 bits per heavy atom. The van der Waals surface area contributed by atoms with E-state index in [0.29, 0.717) is 31.6 Å². The van der Waals surface area contributed by atoms with Crippen LogP contribution in [-0.4, -0.2) is 31.1 Å². The first-order chi connectivity index (χ1) is 13.3. The number of urea groups is 1. The molecule has 1 aliphatic heterocycles. The summed E-state index contributed by atoms with van der Waals surface area (Å²) in [4.78, 5) is 12.4. The van der Waals surface area contributed by atoms with Gasteiger partial charge in [0.1, 0.15) is 0 Å². The van der Waals surface area contributed by atoms with E-state index in [1.165, 1.54) is 4.31 Å². The van der Waals surface area contributed by atoms with Gasteiger partial charge >= 0.3 is 6.03 Å². The maximum absolute atomic E-state index is 12.4. The number of rotatable bonds is 5. The number of anilines is 2. The fourth-order valence-corrected chi connectivity index (χ4v) is 5.05. The predicted octanol–water partition coefficient (Wildman–Crippen LogP) is 4.05. The summed E-state index contributed by atoms with van der Waals surface area (Å²) in [7, 11) is -3.23. The van der Waals surface area contributed by atoms with Gasteiger partial charge in [0, 0.05) is 24.5 Å². The number of aryl methyl sites for hydroxylation is 2. The Hall–Kier alpha value is -2.38. The molecule has 1 heterocycles. The molecule has 150 valence electrons. The van der Waals surface area contributed by atoms with Crippen LogP contribution in [-0.2, 0) is 23.0 Å². The van der Waals surface area contributed by atoms with Gasteiger partial charge in [-0.15, -0.1) is 0 Å². The number of benzene rings is 2. The minimum absolute atomic E-state index is 0.165. The molecule has 0 atom stereocenters. The van der Waals surface area contributed by atoms with E-state index in [0.717, 1.165) is 27.9 Å². The summed E-state index contributed by atoms with van der Waals surface area (Å²) < 4.78 is 26.3. The molecule has 0 saturated carbocycles. The summed E-state index contributed by atoms with van der Waals surface area (Å²) in [6, 6.07) is 11.2. The largest absolute Gasteiger partial charge is 0.323 e. The molecular weight excluding hydrogens is 374 g/mol. The molecule has 7 heteroatoms. The van der Waals surface area contributed by atoms with Gasteiger partial charge in [-0.05, 0) is 73.2 Å². The fourth-order valence-electron chi connectivity index (χ4n) is 3.57. The van der Waals surface area contributed by atoms with Crippen LogP contribution in [0.4, 0.5) is 16.2 Å². The predicted molar refractivity (Wildman–Crippen MR) is 113 cm³/mol. The SMILES string of the molecule is CCCS(=O)(=O)N1CCc2ccc(NC(=O)Nc3cc(C)cc(C)c3)cc2C1. The van der Waals surface area contributed by atoms with Gasteiger partial charge in [0.2, 0.25) is 10.0 Å². The van der Waals surface area contributed by atoms with Gasteiger partial charge in [0.15, 0.2) is 0 Å². The maximum atomic E-state index is 12.4. The van der Waals surface area contributed by atoms with Crippen LogP contribution in [0.2, 0.25) is 0 Å². The smallest absolute Gasteiger partial charge is 0.308 e. The van der Waals surface area contributed by atoms with E-state index >= 15 is 0 Å². The first kappa shape index (κ1) is 20.4. The van der Waals surface area contributed by atoms with E-state index in [4.69, 9.17) is 0 Å². The number of carbonyl (C=O) groups is 1. The third-order valence-corrected chi connectivity index (χ3v) is 6.80. The summed E-state index contributed by atoms with van der Waals surface area (Å²) in [5.41, 5.74) is 5.62. The molecule has 6 nitrogen and oxygen atoms in total. The molecule has 0 unspecified atom stereocenters. The second-order valence-corrected chi connectivity index (χ2v) is 9.43. The molecular formula is C21H27N3O3S. The van der Waals surface area contributed by atoms with E-state index in [1.807, 2.05) is 57.2 Å². The molecule has 2 amide bonds. The lowest BCUT2D eigenvalue weighted by molar-refractivity contribution is 0.262. The van der Waals surface area contributed by atoms with Crippen LogP contribution in [0.1, 0.15) is 35.6 Å². The van der Waals surface area contributed by atoms with Gasteiger partial charge in [-0.25, -0.2) is 13.2 Å². The van der Waals surface area contributed by atoms with E-state index in [2.05, 4.69) is 10.6 Å². The van der Waals surface area contributed by atoms with Crippen LogP contribution in [0.25, 0.3) is 0 Å². The summed E-state index contributed by atoms with van der Waals surface area (Å²) >= 11 is 0. The number of fused-ring (bicyclic) bond motifs is 1. The van der Waals surface area contributed by atoms with Crippen molar-refractivity contribution in [2.24, 2.45) is 0 Å². The second-order valence-electron chi connectivity index (χ2n) is 7.34. The molecule has 2 aromatic carbocycles. The van der Waals surface area contributed by atoms with Crippen LogP contribution in [0.5, 0.6) is 0 Å². The zero-order valence-electron chi connectivity index (χ0n) is 16.6. The Morgan fingerprint density at radius 1 is 1.00 bits per heavy atom. The summed E-state index contributed by atoms with van der Waals surface area (Å²) in [6.07, 6.45) is 1.29. The highest BCUT2D eigenvalue weighted by atomic mass is 32.2. The molecule has 1 aliphatic rings. The number of nitrogens with one attached hydrogen (secondary N) is 2. The Bertz CT molecular complexity index is 966. The molecule has 2 aromatic rings. The summed E-state index contributed by atoms with van der Waals surface area (Å²) in [6.45, 7) is 6.70. The highest BCUT2D eigenvalue weighted by molar-refractivity contribution is 7.89. The third-order valence-electron chi connectivity index (χ3n) is 4.78. The third kappa shape index (κ3) is 4.91. The van der Waals surface area contributed by atoms with Crippen LogP contribution < -0.4 is 10.6 Å². The quantitative estimate of drug-likeness (QED) is 0.793. The van der Waals surface area contributed by atoms with Crippen molar-refractivity contribution in [1.82, 2.24) is 4.31 Å². The van der Waals surface area contributed by atoms with E-state index < -0.39 is 10.0 Å². The van der Waals surface area contributed by atoms with Gasteiger partial charge in [0.05, 0.1) is 5.75 Å². The van der Waals surface area contributed by atoms with Gasteiger partial charge in [-0.2, -0.15) is 4.31 Å². The lowest BCUT2D eigenvalue weighted by Crippen LogP contribution is -2.37. The molecule has 2 N–H and O–H groups in total. The van der Waals surface area contributed by atoms with E-state index in [9.17, 15) is 13.2 Å². The highest BCUT2D eigenvalue weighted by Gasteiger charge is 2.26. The Balaban J connectivity index is 1.70. The highest BCUT2D eigenvalue weighted by Crippen LogP contribution is 2.25. The van der Waals surface area contributed by atoms with Crippen molar-refractivity contribution in [2.75, 3.05) is 22.9 Å². The number of amides is 2. The van der Waals surface area contributed by atoms with Crippen molar-refractivity contribution >= 4 is 27.4 Å². The second kappa shape index (κ2) is 8.32. The summed E-state index contributed by atoms with van der Waals surface area (Å²) in [5.74, 6) is 0.165. The van der Waals surface area contributed by atoms with Crippen molar-refractivity contribution < 1.29 is 13.2 Å². The van der Waals surface area contributed by atoms with Gasteiger partial charge < -0.3 is 10.6 Å². The first-order valence-electron chi connectivity index (χ1n) is 9.53. The van der Waals surface area contributed by atoms with E-state index in [1.54, 1.807) is 0 Å². The van der Waals surface area contributed by atoms with Crippen molar-refractivity contribution in [3.63, 3.8) is 0 Å². The van der Waals surface area contributed by atoms with Gasteiger partial charge in [0.25, 0.3) is 0 Å². The minimum atomic E-state index is -3.23. The first-order valence-corrected chi connectivity index (χ1v) is 11.1. The van der Waals surface area contributed by atoms with Crippen molar-refractivity contribution in [1.29, 1.82) is 0 Å². The summed E-state index contributed by atoms with van der Waals surface area (Å²) in [5, 5.41) is 5.69. The zero-order valence-corrected chi connectivity index (χ0v) is 17.4. The van der Waals surface area contributed by atoms with Crippen molar-refractivity contribution in [3.8, 4) is 0 Å². The average Bonchev–Trinajstić information content (AvgIpc) is 2.60. The topological polar surface area (TPSA) is 78.5 Å². The van der Waals surface area contributed by atoms with Crippen LogP contribution in [0, 0.1) is 13.8 Å². The molecule has 0 aromatic heterocycles. The fraction of sp³-hybridized carbons (Fsp3) is 0.381. The normalized spacial score (nSPS) is 14.4. The molecule has 0 fully saturated rings. The molecule has 3 rings (SSSR count). The Labute approximate surface area is 167 Å². The van der Waals surface area contributed by atoms with Crippen LogP contribution in [0.3, 0.4) is 0 Å². The van der Waals surface area contributed by atoms with Gasteiger partial charge in [-0.3, -0.25) is 0 Å². The minimum Gasteiger partial charge on any atom is -0.308 e. The number of hydrogen-bond donors (Lipinski definition) is 2. The van der Waals surface area contributed by atoms with Crippen molar-refractivity contribution in [3.05, 3.63) is 58.7 Å². The molecule has 0 spiro atoms. The van der Waals surface area contributed by atoms with Crippen LogP contribution >= 0.6 is 0 Å². The van der Waals surface area contributed by atoms with Gasteiger partial charge in [-0.1, -0.05) is 19.1 Å². The molecule has 0 bridgehead atoms. The average molecular weight is 402 g/mol. The zero-order chi connectivity index (χ0) is 20.3. The number of carbonyl (C=O) groups excluding carboxylic acids is 1. The monoisotopic (exact) mass is 401 g/mol. The Morgan fingerprint density at radius 3 is 2.36 bits per heavy atom. The number of nitrogens with zero attached hydrogens (tertiary/aromatic N) is 1. The Kier molecular flexibility index (Phi) is 6.05. The standard InChI is InChI=1S/C21H27N3O3S/c1-4-9-28(26,27)24-8-7-17-5-6-19(13-18(17)14-24)22-21(25)23-20-11-15(2)10-16(3)12-20/h5-6,10-13H,4,7-9,14H2,1-3H3,(H2,22,23,25). The lowest BCUT2D eigenvalue weighted by Gasteiger charge is -2.28. The molecule has 0 radical (unpaired) electrons. The number of sulfonamides is 1. The maximum Gasteiger partial charge on any atom is 0.323 e. The molecule has 0 saturated heterocycles. The van der Waals surface area contributed by atoms with Crippen LogP contribution in [0.15, 0.2) is 36.4 Å². The van der Waals surface area contributed by atoms with Crippen molar-refractivity contribution in [2.45, 2.75) is 40.2 Å². The molecule has 28 heavy (non-hydrogen) atoms.